The number of ether oxygens (including phenoxy) is 1. The Hall–Kier alpha value is -3.76. The lowest BCUT2D eigenvalue weighted by Gasteiger charge is -2.33. The highest BCUT2D eigenvalue weighted by Crippen LogP contribution is 2.40. The minimum atomic E-state index is -0.310. The number of amides is 1. The van der Waals surface area contributed by atoms with E-state index in [-0.39, 0.29) is 18.7 Å². The van der Waals surface area contributed by atoms with Gasteiger partial charge in [0.25, 0.3) is 0 Å². The van der Waals surface area contributed by atoms with E-state index in [9.17, 15) is 9.90 Å². The summed E-state index contributed by atoms with van der Waals surface area (Å²) in [6.45, 7) is 3.51. The standard InChI is InChI=1S/C25H26N6O4/c1-15-10-19-20(13-30(15)8-9-32)26-14-27-24(19)34-18-4-5-21-17(11-18)6-7-31(21)25(33)28-23-12-22(35-29-23)16-2-3-16/h4-7,11-12,14-16,32H,2-3,8-10,13H2,1H3,(H,28,29,33)/t15-/m0/s1. The van der Waals surface area contributed by atoms with Crippen molar-refractivity contribution in [3.8, 4) is 11.6 Å². The second-order valence-electron chi connectivity index (χ2n) is 9.18. The largest absolute Gasteiger partial charge is 0.439 e. The Morgan fingerprint density at radius 3 is 2.97 bits per heavy atom. The minimum absolute atomic E-state index is 0.117. The predicted molar refractivity (Wildman–Crippen MR) is 128 cm³/mol. The van der Waals surface area contributed by atoms with Crippen LogP contribution in [0.5, 0.6) is 11.6 Å². The fourth-order valence-corrected chi connectivity index (χ4v) is 4.61. The molecule has 10 nitrogen and oxygen atoms in total. The van der Waals surface area contributed by atoms with E-state index < -0.39 is 0 Å². The van der Waals surface area contributed by atoms with E-state index in [0.717, 1.165) is 47.2 Å². The van der Waals surface area contributed by atoms with E-state index in [0.29, 0.717) is 36.5 Å². The maximum Gasteiger partial charge on any atom is 0.331 e. The molecule has 1 amide bonds. The molecule has 0 saturated heterocycles. The first-order chi connectivity index (χ1) is 17.1. The zero-order valence-electron chi connectivity index (χ0n) is 19.3. The van der Waals surface area contributed by atoms with Crippen LogP contribution in [-0.4, -0.2) is 54.9 Å². The van der Waals surface area contributed by atoms with Gasteiger partial charge in [-0.3, -0.25) is 14.8 Å². The minimum Gasteiger partial charge on any atom is -0.439 e. The SMILES string of the molecule is C[C@H]1Cc2c(ncnc2Oc2ccc3c(ccn3C(=O)Nc3cc(C4CC4)on3)c2)CN1CCO. The third-order valence-electron chi connectivity index (χ3n) is 6.70. The highest BCUT2D eigenvalue weighted by Gasteiger charge is 2.29. The average Bonchev–Trinajstić information content (AvgIpc) is 3.45. The molecule has 0 bridgehead atoms. The van der Waals surface area contributed by atoms with Gasteiger partial charge < -0.3 is 14.4 Å². The number of aromatic nitrogens is 4. The number of β-amino-alcohol motifs (C(OH)–C–C–N with tert-alkyl or cyclic N) is 1. The summed E-state index contributed by atoms with van der Waals surface area (Å²) in [6.07, 6.45) is 6.19. The number of nitrogens with zero attached hydrogens (tertiary/aromatic N) is 5. The summed E-state index contributed by atoms with van der Waals surface area (Å²) in [5, 5.41) is 16.9. The molecule has 4 aromatic rings. The van der Waals surface area contributed by atoms with Gasteiger partial charge in [0.2, 0.25) is 5.88 Å². The molecule has 1 aliphatic carbocycles. The van der Waals surface area contributed by atoms with Gasteiger partial charge >= 0.3 is 6.03 Å². The molecule has 1 aromatic carbocycles. The molecule has 1 atom stereocenters. The summed E-state index contributed by atoms with van der Waals surface area (Å²) in [5.41, 5.74) is 2.66. The van der Waals surface area contributed by atoms with Crippen LogP contribution in [0.3, 0.4) is 0 Å². The zero-order chi connectivity index (χ0) is 23.9. The molecule has 180 valence electrons. The van der Waals surface area contributed by atoms with Crippen molar-refractivity contribution in [3.05, 3.63) is 59.9 Å². The third kappa shape index (κ3) is 4.26. The Kier molecular flexibility index (Phi) is 5.46. The van der Waals surface area contributed by atoms with Crippen molar-refractivity contribution in [1.29, 1.82) is 0 Å². The number of rotatable bonds is 6. The number of carbonyl (C=O) groups is 1. The van der Waals surface area contributed by atoms with Gasteiger partial charge in [0.1, 0.15) is 17.8 Å². The van der Waals surface area contributed by atoms with Crippen LogP contribution in [0.1, 0.15) is 42.7 Å². The van der Waals surface area contributed by atoms with Crippen LogP contribution in [0.15, 0.2) is 47.4 Å². The first kappa shape index (κ1) is 21.8. The van der Waals surface area contributed by atoms with Crippen molar-refractivity contribution >= 4 is 22.8 Å². The maximum absolute atomic E-state index is 12.8. The van der Waals surface area contributed by atoms with Crippen LogP contribution >= 0.6 is 0 Å². The number of anilines is 1. The zero-order valence-corrected chi connectivity index (χ0v) is 19.3. The highest BCUT2D eigenvalue weighted by molar-refractivity contribution is 5.98. The summed E-state index contributed by atoms with van der Waals surface area (Å²) in [7, 11) is 0. The number of aliphatic hydroxyl groups is 1. The second-order valence-corrected chi connectivity index (χ2v) is 9.18. The van der Waals surface area contributed by atoms with Crippen LogP contribution in [0, 0.1) is 0 Å². The Balaban J connectivity index is 1.20. The van der Waals surface area contributed by atoms with Crippen molar-refractivity contribution < 1.29 is 19.2 Å². The molecule has 2 aliphatic rings. The molecule has 4 heterocycles. The number of hydrogen-bond donors (Lipinski definition) is 2. The fraction of sp³-hybridized carbons (Fsp3) is 0.360. The number of benzene rings is 1. The second kappa shape index (κ2) is 8.79. The Morgan fingerprint density at radius 1 is 1.26 bits per heavy atom. The number of aliphatic hydroxyl groups excluding tert-OH is 1. The first-order valence-electron chi connectivity index (χ1n) is 11.8. The van der Waals surface area contributed by atoms with Crippen LogP contribution < -0.4 is 10.1 Å². The Labute approximate surface area is 201 Å². The van der Waals surface area contributed by atoms with E-state index in [2.05, 4.69) is 32.3 Å². The smallest absolute Gasteiger partial charge is 0.331 e. The van der Waals surface area contributed by atoms with E-state index in [1.807, 2.05) is 24.3 Å². The fourth-order valence-electron chi connectivity index (χ4n) is 4.61. The number of nitrogens with one attached hydrogen (secondary N) is 1. The molecule has 1 aliphatic heterocycles. The molecule has 0 radical (unpaired) electrons. The van der Waals surface area contributed by atoms with Crippen molar-refractivity contribution in [1.82, 2.24) is 24.6 Å². The molecule has 0 unspecified atom stereocenters. The predicted octanol–water partition coefficient (Wildman–Crippen LogP) is 3.91. The van der Waals surface area contributed by atoms with Crippen molar-refractivity contribution in [2.75, 3.05) is 18.5 Å². The quantitative estimate of drug-likeness (QED) is 0.432. The van der Waals surface area contributed by atoms with Gasteiger partial charge in [-0.1, -0.05) is 5.16 Å². The number of carbonyl (C=O) groups excluding carboxylic acids is 1. The molecule has 1 saturated carbocycles. The summed E-state index contributed by atoms with van der Waals surface area (Å²) < 4.78 is 13.0. The van der Waals surface area contributed by atoms with Gasteiger partial charge in [0.15, 0.2) is 5.82 Å². The third-order valence-corrected chi connectivity index (χ3v) is 6.70. The summed E-state index contributed by atoms with van der Waals surface area (Å²) in [4.78, 5) is 23.8. The molecule has 2 N–H and O–H groups in total. The molecule has 35 heavy (non-hydrogen) atoms. The Bertz CT molecular complexity index is 1390. The van der Waals surface area contributed by atoms with Gasteiger partial charge in [-0.25, -0.2) is 14.8 Å². The van der Waals surface area contributed by atoms with E-state index in [1.54, 1.807) is 12.3 Å². The van der Waals surface area contributed by atoms with Crippen LogP contribution in [0.4, 0.5) is 10.6 Å². The van der Waals surface area contributed by atoms with Crippen molar-refractivity contribution in [2.24, 2.45) is 0 Å². The monoisotopic (exact) mass is 474 g/mol. The summed E-state index contributed by atoms with van der Waals surface area (Å²) in [5.74, 6) is 2.84. The molecule has 1 fully saturated rings. The normalized spacial score (nSPS) is 17.9. The first-order valence-corrected chi connectivity index (χ1v) is 11.8. The van der Waals surface area contributed by atoms with E-state index >= 15 is 0 Å². The molecular formula is C25H26N6O4. The highest BCUT2D eigenvalue weighted by atomic mass is 16.5. The van der Waals surface area contributed by atoms with Gasteiger partial charge in [-0.05, 0) is 50.5 Å². The van der Waals surface area contributed by atoms with Crippen LogP contribution in [0.2, 0.25) is 0 Å². The topological polar surface area (TPSA) is 119 Å². The van der Waals surface area contributed by atoms with Gasteiger partial charge in [-0.2, -0.15) is 0 Å². The average molecular weight is 475 g/mol. The van der Waals surface area contributed by atoms with Gasteiger partial charge in [0, 0.05) is 48.3 Å². The van der Waals surface area contributed by atoms with Gasteiger partial charge in [0.05, 0.1) is 17.8 Å². The lowest BCUT2D eigenvalue weighted by Crippen LogP contribution is -2.40. The van der Waals surface area contributed by atoms with Crippen LogP contribution in [-0.2, 0) is 13.0 Å². The van der Waals surface area contributed by atoms with Gasteiger partial charge in [-0.15, -0.1) is 0 Å². The molecule has 10 heteroatoms. The van der Waals surface area contributed by atoms with E-state index in [4.69, 9.17) is 9.26 Å². The number of fused-ring (bicyclic) bond motifs is 2. The van der Waals surface area contributed by atoms with Crippen molar-refractivity contribution in [3.63, 3.8) is 0 Å². The van der Waals surface area contributed by atoms with Crippen LogP contribution in [0.25, 0.3) is 10.9 Å². The lowest BCUT2D eigenvalue weighted by molar-refractivity contribution is 0.138. The number of hydrogen-bond acceptors (Lipinski definition) is 8. The van der Waals surface area contributed by atoms with Crippen molar-refractivity contribution in [2.45, 2.75) is 44.7 Å². The molecule has 6 rings (SSSR count). The lowest BCUT2D eigenvalue weighted by atomic mass is 9.99. The maximum atomic E-state index is 12.8. The Morgan fingerprint density at radius 2 is 2.14 bits per heavy atom. The molecule has 3 aromatic heterocycles. The van der Waals surface area contributed by atoms with E-state index in [1.165, 1.54) is 10.9 Å². The summed E-state index contributed by atoms with van der Waals surface area (Å²) in [6, 6.07) is 9.16. The molecular weight excluding hydrogens is 448 g/mol. The molecule has 0 spiro atoms. The summed E-state index contributed by atoms with van der Waals surface area (Å²) >= 11 is 0.